The number of benzene rings is 2. The number of hydrazine groups is 1. The largest absolute Gasteiger partial charge is 0.308 e. The maximum atomic E-state index is 5.54. The Balaban J connectivity index is 2.42. The summed E-state index contributed by atoms with van der Waals surface area (Å²) in [4.78, 5) is 4.47. The molecule has 0 saturated carbocycles. The third-order valence-electron chi connectivity index (χ3n) is 2.27. The van der Waals surface area contributed by atoms with Gasteiger partial charge in [-0.25, -0.2) is 10.8 Å². The molecule has 0 aromatic heterocycles. The first kappa shape index (κ1) is 13.3. The van der Waals surface area contributed by atoms with Crippen molar-refractivity contribution in [2.75, 3.05) is 0 Å². The first-order chi connectivity index (χ1) is 8.69. The van der Waals surface area contributed by atoms with Crippen LogP contribution < -0.4 is 11.3 Å². The zero-order valence-electron chi connectivity index (χ0n) is 9.40. The molecule has 18 heavy (non-hydrogen) atoms. The fourth-order valence-electron chi connectivity index (χ4n) is 1.50. The third-order valence-corrected chi connectivity index (χ3v) is 3.19. The van der Waals surface area contributed by atoms with Gasteiger partial charge in [0.05, 0.1) is 5.69 Å². The summed E-state index contributed by atoms with van der Waals surface area (Å²) in [6, 6.07) is 15.5. The molecule has 2 aromatic rings. The molecular weight excluding hydrogens is 358 g/mol. The first-order valence-corrected chi connectivity index (χ1v) is 6.84. The van der Waals surface area contributed by atoms with E-state index < -0.39 is 0 Å². The number of nitrogens with one attached hydrogen (secondary N) is 1. The van der Waals surface area contributed by atoms with Crippen LogP contribution >= 0.6 is 31.9 Å². The molecule has 0 spiro atoms. The molecular formula is C13H11Br2N3. The van der Waals surface area contributed by atoms with E-state index in [1.807, 2.05) is 48.5 Å². The minimum absolute atomic E-state index is 0.614. The van der Waals surface area contributed by atoms with Crippen molar-refractivity contribution in [2.24, 2.45) is 10.8 Å². The Kier molecular flexibility index (Phi) is 4.52. The number of para-hydroxylation sites is 1. The van der Waals surface area contributed by atoms with Gasteiger partial charge in [0.2, 0.25) is 0 Å². The summed E-state index contributed by atoms with van der Waals surface area (Å²) >= 11 is 6.88. The lowest BCUT2D eigenvalue weighted by Crippen LogP contribution is -2.30. The molecule has 0 bridgehead atoms. The lowest BCUT2D eigenvalue weighted by atomic mass is 10.2. The molecule has 0 amide bonds. The van der Waals surface area contributed by atoms with E-state index in [0.717, 1.165) is 20.2 Å². The van der Waals surface area contributed by atoms with Gasteiger partial charge in [-0.15, -0.1) is 0 Å². The molecule has 3 nitrogen and oxygen atoms in total. The van der Waals surface area contributed by atoms with E-state index >= 15 is 0 Å². The summed E-state index contributed by atoms with van der Waals surface area (Å²) in [7, 11) is 0. The minimum atomic E-state index is 0.614. The third kappa shape index (κ3) is 3.41. The van der Waals surface area contributed by atoms with Crippen LogP contribution in [0.25, 0.3) is 0 Å². The Bertz CT molecular complexity index is 547. The van der Waals surface area contributed by atoms with Gasteiger partial charge in [0, 0.05) is 14.5 Å². The summed E-state index contributed by atoms with van der Waals surface area (Å²) in [5, 5.41) is 0. The first-order valence-electron chi connectivity index (χ1n) is 5.26. The molecule has 92 valence electrons. The Morgan fingerprint density at radius 3 is 2.17 bits per heavy atom. The standard InChI is InChI=1S/C13H11Br2N3/c14-10-6-9(7-11(15)8-10)13(18-16)17-12-4-2-1-3-5-12/h1-8H,16H2,(H,17,18). The molecule has 0 aliphatic heterocycles. The smallest absolute Gasteiger partial charge is 0.147 e. The van der Waals surface area contributed by atoms with E-state index in [1.165, 1.54) is 0 Å². The Labute approximate surface area is 122 Å². The van der Waals surface area contributed by atoms with Gasteiger partial charge >= 0.3 is 0 Å². The molecule has 0 fully saturated rings. The van der Waals surface area contributed by atoms with Crippen molar-refractivity contribution in [3.05, 3.63) is 63.0 Å². The van der Waals surface area contributed by atoms with E-state index in [4.69, 9.17) is 5.84 Å². The molecule has 5 heteroatoms. The highest BCUT2D eigenvalue weighted by atomic mass is 79.9. The van der Waals surface area contributed by atoms with Crippen LogP contribution in [0.4, 0.5) is 5.69 Å². The Morgan fingerprint density at radius 1 is 1.00 bits per heavy atom. The lowest BCUT2D eigenvalue weighted by molar-refractivity contribution is 1.02. The molecule has 2 aromatic carbocycles. The predicted octanol–water partition coefficient (Wildman–Crippen LogP) is 3.75. The number of rotatable bonds is 2. The van der Waals surface area contributed by atoms with Crippen molar-refractivity contribution in [3.63, 3.8) is 0 Å². The van der Waals surface area contributed by atoms with E-state index in [-0.39, 0.29) is 0 Å². The van der Waals surface area contributed by atoms with Crippen molar-refractivity contribution >= 4 is 43.4 Å². The van der Waals surface area contributed by atoms with Gasteiger partial charge in [0.25, 0.3) is 0 Å². The van der Waals surface area contributed by atoms with Crippen LogP contribution in [0.5, 0.6) is 0 Å². The number of amidine groups is 1. The second kappa shape index (κ2) is 6.13. The van der Waals surface area contributed by atoms with Gasteiger partial charge in [0.15, 0.2) is 0 Å². The molecule has 0 atom stereocenters. The highest BCUT2D eigenvalue weighted by molar-refractivity contribution is 9.11. The zero-order valence-corrected chi connectivity index (χ0v) is 12.6. The second-order valence-corrected chi connectivity index (χ2v) is 5.43. The number of hydrogen-bond donors (Lipinski definition) is 2. The highest BCUT2D eigenvalue weighted by Gasteiger charge is 2.04. The number of aliphatic imine (C=N–C) groups is 1. The topological polar surface area (TPSA) is 50.4 Å². The molecule has 0 aliphatic rings. The molecule has 0 unspecified atom stereocenters. The summed E-state index contributed by atoms with van der Waals surface area (Å²) in [5.41, 5.74) is 4.38. The fraction of sp³-hybridized carbons (Fsp3) is 0. The summed E-state index contributed by atoms with van der Waals surface area (Å²) in [6.45, 7) is 0. The highest BCUT2D eigenvalue weighted by Crippen LogP contribution is 2.21. The summed E-state index contributed by atoms with van der Waals surface area (Å²) in [6.07, 6.45) is 0. The molecule has 0 aliphatic carbocycles. The normalized spacial score (nSPS) is 11.4. The Hall–Kier alpha value is -1.17. The van der Waals surface area contributed by atoms with Gasteiger partial charge in [-0.1, -0.05) is 50.1 Å². The van der Waals surface area contributed by atoms with Gasteiger partial charge in [-0.05, 0) is 30.3 Å². The van der Waals surface area contributed by atoms with Crippen molar-refractivity contribution in [2.45, 2.75) is 0 Å². The van der Waals surface area contributed by atoms with Crippen molar-refractivity contribution in [1.82, 2.24) is 5.43 Å². The Morgan fingerprint density at radius 2 is 1.61 bits per heavy atom. The molecule has 2 rings (SSSR count). The molecule has 0 heterocycles. The second-order valence-electron chi connectivity index (χ2n) is 3.60. The van der Waals surface area contributed by atoms with Gasteiger partial charge in [-0.3, -0.25) is 0 Å². The summed E-state index contributed by atoms with van der Waals surface area (Å²) in [5.74, 6) is 6.16. The number of nitrogens with two attached hydrogens (primary N) is 1. The van der Waals surface area contributed by atoms with Crippen LogP contribution in [-0.4, -0.2) is 5.84 Å². The summed E-state index contributed by atoms with van der Waals surface area (Å²) < 4.78 is 1.92. The number of hydrogen-bond acceptors (Lipinski definition) is 2. The van der Waals surface area contributed by atoms with E-state index in [2.05, 4.69) is 42.3 Å². The van der Waals surface area contributed by atoms with Crippen LogP contribution in [0.3, 0.4) is 0 Å². The van der Waals surface area contributed by atoms with Crippen LogP contribution in [0.2, 0.25) is 0 Å². The lowest BCUT2D eigenvalue weighted by Gasteiger charge is -2.07. The minimum Gasteiger partial charge on any atom is -0.308 e. The van der Waals surface area contributed by atoms with Crippen LogP contribution in [0, 0.1) is 0 Å². The van der Waals surface area contributed by atoms with E-state index in [9.17, 15) is 0 Å². The molecule has 0 saturated heterocycles. The average Bonchev–Trinajstić information content (AvgIpc) is 2.36. The number of halogens is 2. The number of nitrogens with zero attached hydrogens (tertiary/aromatic N) is 1. The van der Waals surface area contributed by atoms with Crippen LogP contribution in [-0.2, 0) is 0 Å². The van der Waals surface area contributed by atoms with Crippen molar-refractivity contribution < 1.29 is 0 Å². The van der Waals surface area contributed by atoms with Crippen molar-refractivity contribution in [1.29, 1.82) is 0 Å². The SMILES string of the molecule is NNC(=Nc1ccccc1)c1cc(Br)cc(Br)c1. The van der Waals surface area contributed by atoms with Crippen LogP contribution in [0.15, 0.2) is 62.5 Å². The maximum Gasteiger partial charge on any atom is 0.147 e. The van der Waals surface area contributed by atoms with Gasteiger partial charge in [-0.2, -0.15) is 0 Å². The van der Waals surface area contributed by atoms with Gasteiger partial charge in [0.1, 0.15) is 5.84 Å². The molecule has 0 radical (unpaired) electrons. The molecule has 3 N–H and O–H groups in total. The van der Waals surface area contributed by atoms with Crippen LogP contribution in [0.1, 0.15) is 5.56 Å². The maximum absolute atomic E-state index is 5.54. The predicted molar refractivity (Wildman–Crippen MR) is 81.8 cm³/mol. The monoisotopic (exact) mass is 367 g/mol. The van der Waals surface area contributed by atoms with E-state index in [0.29, 0.717) is 5.84 Å². The van der Waals surface area contributed by atoms with E-state index in [1.54, 1.807) is 0 Å². The van der Waals surface area contributed by atoms with Crippen molar-refractivity contribution in [3.8, 4) is 0 Å². The zero-order chi connectivity index (χ0) is 13.0. The fourth-order valence-corrected chi connectivity index (χ4v) is 2.80. The quantitative estimate of drug-likeness (QED) is 0.367. The van der Waals surface area contributed by atoms with Gasteiger partial charge < -0.3 is 5.43 Å². The average molecular weight is 369 g/mol.